The van der Waals surface area contributed by atoms with E-state index >= 15 is 0 Å². The van der Waals surface area contributed by atoms with E-state index in [1.165, 1.54) is 6.42 Å². The van der Waals surface area contributed by atoms with E-state index in [4.69, 9.17) is 19.6 Å². The van der Waals surface area contributed by atoms with Gasteiger partial charge in [0, 0.05) is 36.7 Å². The summed E-state index contributed by atoms with van der Waals surface area (Å²) in [6.07, 6.45) is 11.7. The normalized spacial score (nSPS) is 29.3. The van der Waals surface area contributed by atoms with E-state index in [9.17, 15) is 18.8 Å². The Morgan fingerprint density at radius 1 is 1.02 bits per heavy atom. The Hall–Kier alpha value is -2.98. The Bertz CT molecular complexity index is 1360. The van der Waals surface area contributed by atoms with Gasteiger partial charge in [0.2, 0.25) is 17.6 Å². The molecule has 1 aromatic heterocycles. The van der Waals surface area contributed by atoms with Crippen LogP contribution in [0.15, 0.2) is 28.7 Å². The van der Waals surface area contributed by atoms with E-state index in [2.05, 4.69) is 5.32 Å². The van der Waals surface area contributed by atoms with Crippen LogP contribution in [-0.4, -0.2) is 67.8 Å². The third-order valence-electron chi connectivity index (χ3n) is 11.5. The summed E-state index contributed by atoms with van der Waals surface area (Å²) in [7, 11) is 1.76. The van der Waals surface area contributed by atoms with E-state index in [1.54, 1.807) is 31.4 Å². The molecule has 3 atom stereocenters. The highest BCUT2D eigenvalue weighted by Crippen LogP contribution is 2.42. The third-order valence-corrected chi connectivity index (χ3v) is 11.5. The van der Waals surface area contributed by atoms with Crippen LogP contribution in [-0.2, 0) is 19.1 Å². The number of carbonyl (C=O) groups is 3. The average molecular weight is 640 g/mol. The van der Waals surface area contributed by atoms with Crippen LogP contribution < -0.4 is 11.1 Å². The van der Waals surface area contributed by atoms with Crippen LogP contribution in [0.3, 0.4) is 0 Å². The molecule has 0 bridgehead atoms. The number of hydrogen-bond donors (Lipinski definition) is 2. The lowest BCUT2D eigenvalue weighted by molar-refractivity contribution is -0.142. The number of halogens is 1. The van der Waals surface area contributed by atoms with Crippen molar-refractivity contribution in [3.63, 3.8) is 0 Å². The van der Waals surface area contributed by atoms with E-state index in [0.29, 0.717) is 48.1 Å². The van der Waals surface area contributed by atoms with Crippen molar-refractivity contribution >= 4 is 34.4 Å². The van der Waals surface area contributed by atoms with Crippen LogP contribution in [0.1, 0.15) is 94.0 Å². The molecule has 252 valence electrons. The molecule has 4 fully saturated rings. The van der Waals surface area contributed by atoms with Gasteiger partial charge in [0.25, 0.3) is 0 Å². The molecule has 10 heteroatoms. The van der Waals surface area contributed by atoms with Crippen LogP contribution in [0.4, 0.5) is 10.1 Å². The van der Waals surface area contributed by atoms with Gasteiger partial charge in [-0.05, 0) is 125 Å². The molecular formula is C36H50FN3O6. The first-order valence-corrected chi connectivity index (χ1v) is 17.5. The smallest absolute Gasteiger partial charge is 0.374 e. The third kappa shape index (κ3) is 7.28. The predicted molar refractivity (Wildman–Crippen MR) is 173 cm³/mol. The number of alkyl halides is 1. The summed E-state index contributed by atoms with van der Waals surface area (Å²) in [6.45, 7) is 0.566. The molecule has 1 aromatic carbocycles. The van der Waals surface area contributed by atoms with Crippen molar-refractivity contribution in [3.8, 4) is 0 Å². The molecule has 1 saturated heterocycles. The lowest BCUT2D eigenvalue weighted by atomic mass is 9.75. The summed E-state index contributed by atoms with van der Waals surface area (Å²) in [4.78, 5) is 42.6. The van der Waals surface area contributed by atoms with E-state index < -0.39 is 18.7 Å². The molecule has 3 N–H and O–H groups in total. The molecule has 4 aliphatic rings. The Morgan fingerprint density at radius 3 is 2.46 bits per heavy atom. The number of nitrogens with one attached hydrogen (secondary N) is 1. The summed E-state index contributed by atoms with van der Waals surface area (Å²) >= 11 is 0. The van der Waals surface area contributed by atoms with Gasteiger partial charge in [0.05, 0.1) is 19.4 Å². The molecule has 46 heavy (non-hydrogen) atoms. The first kappa shape index (κ1) is 32.9. The van der Waals surface area contributed by atoms with Gasteiger partial charge >= 0.3 is 5.97 Å². The van der Waals surface area contributed by atoms with Crippen molar-refractivity contribution in [1.82, 2.24) is 4.90 Å². The minimum atomic E-state index is -0.555. The summed E-state index contributed by atoms with van der Waals surface area (Å²) in [5, 5.41) is 3.81. The zero-order valence-corrected chi connectivity index (χ0v) is 27.1. The highest BCUT2D eigenvalue weighted by molar-refractivity contribution is 6.00. The molecule has 6 rings (SSSR count). The molecule has 0 radical (unpaired) electrons. The van der Waals surface area contributed by atoms with Gasteiger partial charge in [-0.15, -0.1) is 0 Å². The quantitative estimate of drug-likeness (QED) is 0.279. The fraction of sp³-hybridized carbons (Fsp3) is 0.694. The van der Waals surface area contributed by atoms with E-state index in [1.807, 2.05) is 4.90 Å². The second-order valence-electron chi connectivity index (χ2n) is 14.2. The van der Waals surface area contributed by atoms with Gasteiger partial charge in [0.1, 0.15) is 11.6 Å². The molecule has 3 saturated carbocycles. The fourth-order valence-electron chi connectivity index (χ4n) is 8.40. The van der Waals surface area contributed by atoms with Crippen LogP contribution in [0.2, 0.25) is 0 Å². The molecule has 0 spiro atoms. The molecule has 9 nitrogen and oxygen atoms in total. The average Bonchev–Trinajstić information content (AvgIpc) is 3.69. The minimum Gasteiger partial charge on any atom is -0.460 e. The van der Waals surface area contributed by atoms with Crippen molar-refractivity contribution in [1.29, 1.82) is 0 Å². The number of rotatable bonds is 11. The Morgan fingerprint density at radius 2 is 1.78 bits per heavy atom. The van der Waals surface area contributed by atoms with Crippen molar-refractivity contribution < 1.29 is 32.7 Å². The Labute approximate surface area is 271 Å². The molecule has 0 unspecified atom stereocenters. The number of anilines is 1. The molecule has 2 amide bonds. The summed E-state index contributed by atoms with van der Waals surface area (Å²) in [5.41, 5.74) is 7.35. The van der Waals surface area contributed by atoms with Crippen molar-refractivity contribution in [3.05, 3.63) is 30.0 Å². The van der Waals surface area contributed by atoms with Gasteiger partial charge in [-0.25, -0.2) is 4.79 Å². The SMILES string of the molecule is COC1CCC([C@@H]2CCN(C(=O)C3CCC([C@H](N)CCF)CC3)[C@@H]2C(=O)Nc2ccc3oc(C(=O)OCC4CCC4)cc3c2)CC1. The first-order valence-electron chi connectivity index (χ1n) is 17.5. The number of hydrogen-bond acceptors (Lipinski definition) is 7. The number of amides is 2. The number of methoxy groups -OCH3 is 1. The molecule has 2 heterocycles. The van der Waals surface area contributed by atoms with Gasteiger partial charge in [0.15, 0.2) is 0 Å². The van der Waals surface area contributed by atoms with Crippen LogP contribution >= 0.6 is 0 Å². The number of furan rings is 1. The van der Waals surface area contributed by atoms with Crippen LogP contribution in [0.25, 0.3) is 11.0 Å². The summed E-state index contributed by atoms with van der Waals surface area (Å²) in [5.74, 6) is 0.519. The number of ether oxygens (including phenoxy) is 2. The van der Waals surface area contributed by atoms with Crippen LogP contribution in [0.5, 0.6) is 0 Å². The van der Waals surface area contributed by atoms with Crippen LogP contribution in [0, 0.1) is 29.6 Å². The maximum absolute atomic E-state index is 14.2. The number of likely N-dealkylation sites (tertiary alicyclic amines) is 1. The van der Waals surface area contributed by atoms with E-state index in [-0.39, 0.29) is 47.5 Å². The first-order chi connectivity index (χ1) is 22.3. The second kappa shape index (κ2) is 14.8. The summed E-state index contributed by atoms with van der Waals surface area (Å²) < 4.78 is 29.7. The number of benzene rings is 1. The zero-order valence-electron chi connectivity index (χ0n) is 27.1. The lowest BCUT2D eigenvalue weighted by Gasteiger charge is -2.37. The largest absolute Gasteiger partial charge is 0.460 e. The lowest BCUT2D eigenvalue weighted by Crippen LogP contribution is -2.50. The summed E-state index contributed by atoms with van der Waals surface area (Å²) in [6, 6.07) is 6.27. The molecule has 2 aromatic rings. The Balaban J connectivity index is 1.15. The number of fused-ring (bicyclic) bond motifs is 1. The fourth-order valence-corrected chi connectivity index (χ4v) is 8.40. The van der Waals surface area contributed by atoms with Crippen molar-refractivity contribution in [2.75, 3.05) is 32.3 Å². The van der Waals surface area contributed by atoms with Crippen molar-refractivity contribution in [2.24, 2.45) is 35.3 Å². The van der Waals surface area contributed by atoms with Gasteiger partial charge < -0.3 is 29.8 Å². The van der Waals surface area contributed by atoms with Gasteiger partial charge in [-0.3, -0.25) is 14.0 Å². The molecule has 3 aliphatic carbocycles. The number of nitrogens with two attached hydrogens (primary N) is 1. The van der Waals surface area contributed by atoms with Gasteiger partial charge in [-0.2, -0.15) is 0 Å². The maximum atomic E-state index is 14.2. The predicted octanol–water partition coefficient (Wildman–Crippen LogP) is 6.24. The van der Waals surface area contributed by atoms with Crippen molar-refractivity contribution in [2.45, 2.75) is 102 Å². The highest BCUT2D eigenvalue weighted by Gasteiger charge is 2.47. The maximum Gasteiger partial charge on any atom is 0.374 e. The monoisotopic (exact) mass is 639 g/mol. The standard InChI is InChI=1S/C36H50FN3O6/c1-44-28-12-9-23(10-13-28)29-16-18-40(35(42)25-7-5-24(6-8-25)30(38)15-17-37)33(29)34(41)39-27-11-14-31-26(19-27)20-32(46-31)36(43)45-21-22-3-2-4-22/h11,14,19-20,22-25,28-30,33H,2-10,12-13,15-18,21,38H2,1H3,(H,39,41)/t23?,24?,25?,28?,29-,30+,33-/m0/s1. The highest BCUT2D eigenvalue weighted by atomic mass is 19.1. The topological polar surface area (TPSA) is 124 Å². The second-order valence-corrected chi connectivity index (χ2v) is 14.2. The zero-order chi connectivity index (χ0) is 32.2. The number of carbonyl (C=O) groups excluding carboxylic acids is 3. The number of esters is 1. The number of nitrogens with zero attached hydrogens (tertiary/aromatic N) is 1. The van der Waals surface area contributed by atoms with E-state index in [0.717, 1.165) is 70.6 Å². The molecule has 1 aliphatic heterocycles. The van der Waals surface area contributed by atoms with Gasteiger partial charge in [-0.1, -0.05) is 6.42 Å². The minimum absolute atomic E-state index is 0.0566. The Kier molecular flexibility index (Phi) is 10.6. The molecular weight excluding hydrogens is 589 g/mol.